The van der Waals surface area contributed by atoms with Gasteiger partial charge in [-0.1, -0.05) is 30.3 Å². The minimum atomic E-state index is -0.894. The normalized spacial score (nSPS) is 17.5. The molecule has 0 aliphatic carbocycles. The van der Waals surface area contributed by atoms with Crippen molar-refractivity contribution in [3.63, 3.8) is 0 Å². The molecule has 3 aromatic rings. The Morgan fingerprint density at radius 2 is 1.85 bits per heavy atom. The van der Waals surface area contributed by atoms with E-state index < -0.39 is 18.0 Å². The Balaban J connectivity index is 1.36. The van der Waals surface area contributed by atoms with Crippen molar-refractivity contribution >= 4 is 12.1 Å². The molecule has 2 heterocycles. The van der Waals surface area contributed by atoms with Crippen molar-refractivity contribution in [3.8, 4) is 17.2 Å². The van der Waals surface area contributed by atoms with Gasteiger partial charge >= 0.3 is 12.1 Å². The van der Waals surface area contributed by atoms with E-state index in [-0.39, 0.29) is 25.7 Å². The van der Waals surface area contributed by atoms with Crippen molar-refractivity contribution in [2.45, 2.75) is 26.9 Å². The summed E-state index contributed by atoms with van der Waals surface area (Å²) in [7, 11) is 0. The second-order valence-electron chi connectivity index (χ2n) is 8.33. The first-order chi connectivity index (χ1) is 16.4. The van der Waals surface area contributed by atoms with Gasteiger partial charge in [0.1, 0.15) is 23.8 Å². The number of carboxylic acids is 1. The van der Waals surface area contributed by atoms with Crippen LogP contribution in [0.25, 0.3) is 11.5 Å². The fraction of sp³-hybridized carbons (Fsp3) is 0.346. The number of carboxylic acid groups (broad SMARTS) is 1. The van der Waals surface area contributed by atoms with Gasteiger partial charge in [0.2, 0.25) is 5.89 Å². The number of benzene rings is 2. The zero-order valence-corrected chi connectivity index (χ0v) is 19.3. The molecule has 1 saturated heterocycles. The Hall–Kier alpha value is -3.81. The van der Waals surface area contributed by atoms with Gasteiger partial charge in [0.15, 0.2) is 0 Å². The zero-order valence-electron chi connectivity index (χ0n) is 19.3. The lowest BCUT2D eigenvalue weighted by atomic mass is 9.90. The monoisotopic (exact) mass is 464 g/mol. The number of likely N-dealkylation sites (tertiary alicyclic amines) is 1. The Bertz CT molecular complexity index is 1130. The third-order valence-corrected chi connectivity index (χ3v) is 5.99. The van der Waals surface area contributed by atoms with Crippen LogP contribution in [-0.2, 0) is 22.6 Å². The van der Waals surface area contributed by atoms with Gasteiger partial charge in [0.05, 0.1) is 12.5 Å². The molecule has 1 aliphatic heterocycles. The van der Waals surface area contributed by atoms with Crippen LogP contribution in [0.5, 0.6) is 5.75 Å². The third-order valence-electron chi connectivity index (χ3n) is 5.99. The second kappa shape index (κ2) is 10.4. The quantitative estimate of drug-likeness (QED) is 0.521. The third kappa shape index (κ3) is 5.39. The van der Waals surface area contributed by atoms with Gasteiger partial charge in [-0.25, -0.2) is 9.78 Å². The molecule has 1 N–H and O–H groups in total. The van der Waals surface area contributed by atoms with Gasteiger partial charge in [0.25, 0.3) is 0 Å². The molecule has 0 bridgehead atoms. The Labute approximate surface area is 198 Å². The molecular weight excluding hydrogens is 436 g/mol. The number of oxazole rings is 1. The van der Waals surface area contributed by atoms with E-state index in [9.17, 15) is 14.7 Å². The fourth-order valence-corrected chi connectivity index (χ4v) is 4.16. The summed E-state index contributed by atoms with van der Waals surface area (Å²) in [6.07, 6.45) is 0.0919. The SMILES string of the molecule is CCOC(=O)N1C[C@@H](Cc2ccc(OCc3nc(-c4ccccc4)oc3C)cc2)[C@H](C(=O)O)C1. The molecule has 1 aromatic heterocycles. The number of carbonyl (C=O) groups excluding carboxylic acids is 1. The summed E-state index contributed by atoms with van der Waals surface area (Å²) >= 11 is 0. The minimum absolute atomic E-state index is 0.169. The molecule has 0 radical (unpaired) electrons. The highest BCUT2D eigenvalue weighted by Gasteiger charge is 2.40. The van der Waals surface area contributed by atoms with Crippen LogP contribution in [-0.4, -0.2) is 46.7 Å². The fourth-order valence-electron chi connectivity index (χ4n) is 4.16. The van der Waals surface area contributed by atoms with Crippen molar-refractivity contribution in [1.82, 2.24) is 9.88 Å². The Morgan fingerprint density at radius 3 is 2.53 bits per heavy atom. The molecule has 8 nitrogen and oxygen atoms in total. The molecule has 2 atom stereocenters. The van der Waals surface area contributed by atoms with Gasteiger partial charge in [-0.2, -0.15) is 0 Å². The maximum Gasteiger partial charge on any atom is 0.409 e. The summed E-state index contributed by atoms with van der Waals surface area (Å²) in [6, 6.07) is 17.3. The molecule has 1 aliphatic rings. The smallest absolute Gasteiger partial charge is 0.409 e. The average molecular weight is 465 g/mol. The predicted molar refractivity (Wildman–Crippen MR) is 124 cm³/mol. The number of rotatable bonds is 8. The van der Waals surface area contributed by atoms with E-state index in [0.717, 1.165) is 16.8 Å². The molecule has 8 heteroatoms. The predicted octanol–water partition coefficient (Wildman–Crippen LogP) is 4.56. The number of aryl methyl sites for hydroxylation is 1. The van der Waals surface area contributed by atoms with E-state index in [0.29, 0.717) is 30.4 Å². The van der Waals surface area contributed by atoms with Crippen LogP contribution in [0.3, 0.4) is 0 Å². The second-order valence-corrected chi connectivity index (χ2v) is 8.33. The van der Waals surface area contributed by atoms with Crippen molar-refractivity contribution < 1.29 is 28.6 Å². The summed E-state index contributed by atoms with van der Waals surface area (Å²) in [6.45, 7) is 4.67. The maximum absolute atomic E-state index is 12.0. The van der Waals surface area contributed by atoms with E-state index in [1.165, 1.54) is 4.90 Å². The standard InChI is InChI=1S/C26H28N2O6/c1-3-32-26(31)28-14-20(22(15-28)25(29)30)13-18-9-11-21(12-10-18)33-16-23-17(2)34-24(27-23)19-7-5-4-6-8-19/h4-12,20,22H,3,13-16H2,1-2H3,(H,29,30)/t20-,22-/m1/s1. The molecule has 2 aromatic carbocycles. The molecule has 34 heavy (non-hydrogen) atoms. The summed E-state index contributed by atoms with van der Waals surface area (Å²) in [4.78, 5) is 29.8. The van der Waals surface area contributed by atoms with Crippen molar-refractivity contribution in [1.29, 1.82) is 0 Å². The summed E-state index contributed by atoms with van der Waals surface area (Å²) in [5.41, 5.74) is 2.63. The number of nitrogens with zero attached hydrogens (tertiary/aromatic N) is 2. The number of carbonyl (C=O) groups is 2. The number of aromatic nitrogens is 1. The first kappa shape index (κ1) is 23.4. The van der Waals surface area contributed by atoms with Gasteiger partial charge in [0, 0.05) is 18.7 Å². The van der Waals surface area contributed by atoms with Crippen LogP contribution in [0.1, 0.15) is 23.9 Å². The lowest BCUT2D eigenvalue weighted by Crippen LogP contribution is -2.30. The molecule has 1 amide bonds. The van der Waals surface area contributed by atoms with Crippen molar-refractivity contribution in [2.75, 3.05) is 19.7 Å². The number of amides is 1. The van der Waals surface area contributed by atoms with E-state index in [4.69, 9.17) is 13.9 Å². The highest BCUT2D eigenvalue weighted by atomic mass is 16.6. The highest BCUT2D eigenvalue weighted by molar-refractivity contribution is 5.74. The maximum atomic E-state index is 12.0. The van der Waals surface area contributed by atoms with Crippen molar-refractivity contribution in [3.05, 3.63) is 71.6 Å². The number of hydrogen-bond acceptors (Lipinski definition) is 6. The number of ether oxygens (including phenoxy) is 2. The van der Waals surface area contributed by atoms with E-state index in [1.807, 2.05) is 61.5 Å². The molecule has 0 spiro atoms. The molecule has 178 valence electrons. The number of hydrogen-bond donors (Lipinski definition) is 1. The molecule has 4 rings (SSSR count). The minimum Gasteiger partial charge on any atom is -0.487 e. The summed E-state index contributed by atoms with van der Waals surface area (Å²) < 4.78 is 16.7. The van der Waals surface area contributed by atoms with Gasteiger partial charge in [-0.15, -0.1) is 0 Å². The van der Waals surface area contributed by atoms with E-state index in [2.05, 4.69) is 4.98 Å². The van der Waals surface area contributed by atoms with Crippen molar-refractivity contribution in [2.24, 2.45) is 11.8 Å². The van der Waals surface area contributed by atoms with Crippen LogP contribution in [0.2, 0.25) is 0 Å². The van der Waals surface area contributed by atoms with Crippen LogP contribution in [0, 0.1) is 18.8 Å². The number of aliphatic carboxylic acids is 1. The Morgan fingerprint density at radius 1 is 1.12 bits per heavy atom. The van der Waals surface area contributed by atoms with E-state index in [1.54, 1.807) is 6.92 Å². The molecule has 1 fully saturated rings. The van der Waals surface area contributed by atoms with Crippen LogP contribution in [0.15, 0.2) is 59.0 Å². The first-order valence-electron chi connectivity index (χ1n) is 11.3. The molecule has 0 unspecified atom stereocenters. The largest absolute Gasteiger partial charge is 0.487 e. The summed E-state index contributed by atoms with van der Waals surface area (Å²) in [5, 5.41) is 9.60. The lowest BCUT2D eigenvalue weighted by molar-refractivity contribution is -0.142. The van der Waals surface area contributed by atoms with Crippen LogP contribution >= 0.6 is 0 Å². The molecular formula is C26H28N2O6. The first-order valence-corrected chi connectivity index (χ1v) is 11.3. The highest BCUT2D eigenvalue weighted by Crippen LogP contribution is 2.29. The van der Waals surface area contributed by atoms with E-state index >= 15 is 0 Å². The van der Waals surface area contributed by atoms with Crippen LogP contribution in [0.4, 0.5) is 4.79 Å². The van der Waals surface area contributed by atoms with Gasteiger partial charge in [-0.3, -0.25) is 4.79 Å². The van der Waals surface area contributed by atoms with Gasteiger partial charge in [-0.05, 0) is 56.0 Å². The van der Waals surface area contributed by atoms with Gasteiger partial charge < -0.3 is 23.9 Å². The molecule has 0 saturated carbocycles. The summed E-state index contributed by atoms with van der Waals surface area (Å²) in [5.74, 6) is 0.268. The topological polar surface area (TPSA) is 102 Å². The average Bonchev–Trinajstić information content (AvgIpc) is 3.43. The Kier molecular flexibility index (Phi) is 7.15. The van der Waals surface area contributed by atoms with Crippen LogP contribution < -0.4 is 4.74 Å². The zero-order chi connectivity index (χ0) is 24.1. The lowest BCUT2D eigenvalue weighted by Gasteiger charge is -2.16.